The lowest BCUT2D eigenvalue weighted by atomic mass is 10.2. The van der Waals surface area contributed by atoms with E-state index in [2.05, 4.69) is 21.2 Å². The molecule has 0 atom stereocenters. The number of amides is 2. The van der Waals surface area contributed by atoms with E-state index in [1.165, 1.54) is 0 Å². The zero-order valence-electron chi connectivity index (χ0n) is 13.6. The molecule has 0 radical (unpaired) electrons. The molecule has 0 aliphatic carbocycles. The Morgan fingerprint density at radius 3 is 2.67 bits per heavy atom. The Labute approximate surface area is 155 Å². The molecule has 2 rings (SSSR count). The molecule has 1 aliphatic rings. The summed E-state index contributed by atoms with van der Waals surface area (Å²) in [6.45, 7) is 3.86. The number of nitrogens with zero attached hydrogens (tertiary/aromatic N) is 2. The second-order valence-electron chi connectivity index (χ2n) is 5.54. The van der Waals surface area contributed by atoms with Crippen molar-refractivity contribution >= 4 is 39.3 Å². The van der Waals surface area contributed by atoms with Crippen molar-refractivity contribution in [2.45, 2.75) is 0 Å². The van der Waals surface area contributed by atoms with Gasteiger partial charge in [0.1, 0.15) is 0 Å². The first-order valence-electron chi connectivity index (χ1n) is 7.73. The van der Waals surface area contributed by atoms with E-state index in [1.54, 1.807) is 30.2 Å². The molecule has 1 N–H and O–H groups in total. The highest BCUT2D eigenvalue weighted by atomic mass is 79.9. The lowest BCUT2D eigenvalue weighted by Crippen LogP contribution is -2.51. The number of piperazine rings is 1. The largest absolute Gasteiger partial charge is 0.383 e. The van der Waals surface area contributed by atoms with Crippen LogP contribution >= 0.6 is 27.5 Å². The van der Waals surface area contributed by atoms with Crippen LogP contribution in [0.25, 0.3) is 0 Å². The number of hydrogen-bond donors (Lipinski definition) is 1. The van der Waals surface area contributed by atoms with Crippen molar-refractivity contribution in [1.29, 1.82) is 0 Å². The van der Waals surface area contributed by atoms with Gasteiger partial charge < -0.3 is 15.0 Å². The molecule has 1 fully saturated rings. The molecule has 1 saturated heterocycles. The first-order valence-corrected chi connectivity index (χ1v) is 8.90. The second kappa shape index (κ2) is 9.36. The highest BCUT2D eigenvalue weighted by molar-refractivity contribution is 9.10. The molecule has 1 aromatic carbocycles. The van der Waals surface area contributed by atoms with Gasteiger partial charge in [-0.3, -0.25) is 14.5 Å². The summed E-state index contributed by atoms with van der Waals surface area (Å²) in [5.41, 5.74) is 0.563. The monoisotopic (exact) mass is 417 g/mol. The molecule has 0 spiro atoms. The summed E-state index contributed by atoms with van der Waals surface area (Å²) in [7, 11) is 1.60. The minimum Gasteiger partial charge on any atom is -0.383 e. The SMILES string of the molecule is COCCNC(=O)CN1CCN(C(=O)c2cc(Cl)ccc2Br)CC1. The summed E-state index contributed by atoms with van der Waals surface area (Å²) >= 11 is 9.37. The van der Waals surface area contributed by atoms with E-state index in [9.17, 15) is 9.59 Å². The summed E-state index contributed by atoms with van der Waals surface area (Å²) in [6, 6.07) is 5.18. The lowest BCUT2D eigenvalue weighted by molar-refractivity contribution is -0.122. The standard InChI is InChI=1S/C16H21BrClN3O3/c1-24-9-4-19-15(22)11-20-5-7-21(8-6-20)16(23)13-10-12(18)2-3-14(13)17/h2-3,10H,4-9,11H2,1H3,(H,19,22). The fraction of sp³-hybridized carbons (Fsp3) is 0.500. The fourth-order valence-corrected chi connectivity index (χ4v) is 3.08. The third-order valence-corrected chi connectivity index (χ3v) is 4.74. The summed E-state index contributed by atoms with van der Waals surface area (Å²) in [5, 5.41) is 3.33. The summed E-state index contributed by atoms with van der Waals surface area (Å²) in [4.78, 5) is 28.2. The van der Waals surface area contributed by atoms with Gasteiger partial charge in [0.2, 0.25) is 5.91 Å². The molecule has 6 nitrogen and oxygen atoms in total. The van der Waals surface area contributed by atoms with Gasteiger partial charge in [0.05, 0.1) is 18.7 Å². The van der Waals surface area contributed by atoms with Gasteiger partial charge in [-0.25, -0.2) is 0 Å². The van der Waals surface area contributed by atoms with Crippen molar-refractivity contribution in [2.75, 3.05) is 53.0 Å². The van der Waals surface area contributed by atoms with Crippen LogP contribution < -0.4 is 5.32 Å². The zero-order valence-corrected chi connectivity index (χ0v) is 15.9. The fourth-order valence-electron chi connectivity index (χ4n) is 2.49. The molecule has 0 saturated carbocycles. The Bertz CT molecular complexity index is 592. The normalized spacial score (nSPS) is 15.4. The highest BCUT2D eigenvalue weighted by Crippen LogP contribution is 2.23. The van der Waals surface area contributed by atoms with Crippen LogP contribution in [0.4, 0.5) is 0 Å². The number of methoxy groups -OCH3 is 1. The van der Waals surface area contributed by atoms with E-state index in [0.29, 0.717) is 56.5 Å². The van der Waals surface area contributed by atoms with E-state index in [0.717, 1.165) is 4.47 Å². The Balaban J connectivity index is 1.83. The minimum absolute atomic E-state index is 0.0237. The number of ether oxygens (including phenoxy) is 1. The van der Waals surface area contributed by atoms with E-state index in [4.69, 9.17) is 16.3 Å². The smallest absolute Gasteiger partial charge is 0.255 e. The summed E-state index contributed by atoms with van der Waals surface area (Å²) in [6.07, 6.45) is 0. The maximum Gasteiger partial charge on any atom is 0.255 e. The van der Waals surface area contributed by atoms with Crippen molar-refractivity contribution in [3.63, 3.8) is 0 Å². The molecule has 0 bridgehead atoms. The molecule has 2 amide bonds. The van der Waals surface area contributed by atoms with Crippen LogP contribution in [0.15, 0.2) is 22.7 Å². The molecule has 0 aromatic heterocycles. The number of benzene rings is 1. The molecule has 24 heavy (non-hydrogen) atoms. The lowest BCUT2D eigenvalue weighted by Gasteiger charge is -2.34. The number of rotatable bonds is 6. The van der Waals surface area contributed by atoms with Crippen LogP contribution in [0, 0.1) is 0 Å². The Hall–Kier alpha value is -1.15. The first kappa shape index (κ1) is 19.2. The van der Waals surface area contributed by atoms with Crippen LogP contribution in [-0.2, 0) is 9.53 Å². The van der Waals surface area contributed by atoms with E-state index < -0.39 is 0 Å². The van der Waals surface area contributed by atoms with Crippen LogP contribution in [0.3, 0.4) is 0 Å². The van der Waals surface area contributed by atoms with Crippen molar-refractivity contribution in [1.82, 2.24) is 15.1 Å². The zero-order chi connectivity index (χ0) is 17.5. The maximum absolute atomic E-state index is 12.6. The molecule has 1 heterocycles. The van der Waals surface area contributed by atoms with E-state index >= 15 is 0 Å². The molecular weight excluding hydrogens is 398 g/mol. The topological polar surface area (TPSA) is 61.9 Å². The van der Waals surface area contributed by atoms with Gasteiger partial charge in [-0.1, -0.05) is 11.6 Å². The third kappa shape index (κ3) is 5.44. The number of carbonyl (C=O) groups is 2. The predicted molar refractivity (Wildman–Crippen MR) is 96.4 cm³/mol. The number of nitrogens with one attached hydrogen (secondary N) is 1. The third-order valence-electron chi connectivity index (χ3n) is 3.81. The van der Waals surface area contributed by atoms with Crippen molar-refractivity contribution in [2.24, 2.45) is 0 Å². The number of hydrogen-bond acceptors (Lipinski definition) is 4. The van der Waals surface area contributed by atoms with Gasteiger partial charge in [0.15, 0.2) is 0 Å². The number of carbonyl (C=O) groups excluding carboxylic acids is 2. The van der Waals surface area contributed by atoms with Gasteiger partial charge in [-0.2, -0.15) is 0 Å². The predicted octanol–water partition coefficient (Wildman–Crippen LogP) is 1.62. The average Bonchev–Trinajstić information content (AvgIpc) is 2.57. The average molecular weight is 419 g/mol. The van der Waals surface area contributed by atoms with Crippen molar-refractivity contribution < 1.29 is 14.3 Å². The maximum atomic E-state index is 12.6. The van der Waals surface area contributed by atoms with Gasteiger partial charge in [-0.05, 0) is 34.1 Å². The van der Waals surface area contributed by atoms with Crippen LogP contribution in [0.1, 0.15) is 10.4 Å². The first-order chi connectivity index (χ1) is 11.5. The van der Waals surface area contributed by atoms with Crippen molar-refractivity contribution in [3.05, 3.63) is 33.3 Å². The van der Waals surface area contributed by atoms with E-state index in [1.807, 2.05) is 4.90 Å². The summed E-state index contributed by atoms with van der Waals surface area (Å²) in [5.74, 6) is -0.0713. The van der Waals surface area contributed by atoms with Gasteiger partial charge in [0.25, 0.3) is 5.91 Å². The molecule has 1 aromatic rings. The van der Waals surface area contributed by atoms with Gasteiger partial charge in [-0.15, -0.1) is 0 Å². The highest BCUT2D eigenvalue weighted by Gasteiger charge is 2.24. The molecule has 8 heteroatoms. The van der Waals surface area contributed by atoms with Crippen LogP contribution in [0.5, 0.6) is 0 Å². The molecule has 1 aliphatic heterocycles. The Morgan fingerprint density at radius 1 is 1.29 bits per heavy atom. The molecule has 132 valence electrons. The summed E-state index contributed by atoms with van der Waals surface area (Å²) < 4.78 is 5.63. The van der Waals surface area contributed by atoms with E-state index in [-0.39, 0.29) is 11.8 Å². The van der Waals surface area contributed by atoms with Gasteiger partial charge in [0, 0.05) is 49.3 Å². The minimum atomic E-state index is -0.0476. The van der Waals surface area contributed by atoms with Gasteiger partial charge >= 0.3 is 0 Å². The number of halogens is 2. The quantitative estimate of drug-likeness (QED) is 0.713. The molecular formula is C16H21BrClN3O3. The second-order valence-corrected chi connectivity index (χ2v) is 6.83. The van der Waals surface area contributed by atoms with Crippen molar-refractivity contribution in [3.8, 4) is 0 Å². The Kier molecular flexibility index (Phi) is 7.48. The molecule has 0 unspecified atom stereocenters. The van der Waals surface area contributed by atoms with Crippen LogP contribution in [-0.4, -0.2) is 74.6 Å². The Morgan fingerprint density at radius 2 is 2.00 bits per heavy atom. The van der Waals surface area contributed by atoms with Crippen LogP contribution in [0.2, 0.25) is 5.02 Å².